The van der Waals surface area contributed by atoms with Gasteiger partial charge in [0.15, 0.2) is 0 Å². The zero-order valence-electron chi connectivity index (χ0n) is 9.80. The Morgan fingerprint density at radius 2 is 2.00 bits per heavy atom. The van der Waals surface area contributed by atoms with Gasteiger partial charge < -0.3 is 5.11 Å². The summed E-state index contributed by atoms with van der Waals surface area (Å²) < 4.78 is 0. The van der Waals surface area contributed by atoms with Crippen molar-refractivity contribution in [3.63, 3.8) is 0 Å². The fourth-order valence-electron chi connectivity index (χ4n) is 1.41. The number of hydrogen-bond donors (Lipinski definition) is 1. The molecule has 1 aromatic carbocycles. The Labute approximate surface area is 103 Å². The summed E-state index contributed by atoms with van der Waals surface area (Å²) in [7, 11) is 0. The van der Waals surface area contributed by atoms with Crippen LogP contribution in [0.2, 0.25) is 0 Å². The third-order valence-corrected chi connectivity index (χ3v) is 3.19. The maximum Gasteiger partial charge on any atom is 0.0729 e. The number of aliphatic hydroxyl groups excluding tert-OH is 1. The molecule has 1 aromatic rings. The molecule has 0 heterocycles. The quantitative estimate of drug-likeness (QED) is 0.564. The molecule has 0 bridgehead atoms. The summed E-state index contributed by atoms with van der Waals surface area (Å²) in [5.74, 6) is 0. The molecule has 0 aliphatic heterocycles. The molecule has 1 nitrogen and oxygen atoms in total. The molecule has 1 N–H and O–H groups in total. The summed E-state index contributed by atoms with van der Waals surface area (Å²) in [5.41, 5.74) is 0. The highest BCUT2D eigenvalue weighted by Gasteiger charge is 1.97. The van der Waals surface area contributed by atoms with E-state index in [4.69, 9.17) is 0 Å². The van der Waals surface area contributed by atoms with Gasteiger partial charge in [0.05, 0.1) is 6.10 Å². The van der Waals surface area contributed by atoms with E-state index in [1.54, 1.807) is 11.8 Å². The number of aliphatic hydroxyl groups is 1. The Hall–Kier alpha value is -0.730. The van der Waals surface area contributed by atoms with E-state index in [1.807, 2.05) is 29.7 Å². The van der Waals surface area contributed by atoms with Crippen LogP contribution in [-0.4, -0.2) is 11.2 Å². The van der Waals surface area contributed by atoms with Gasteiger partial charge in [-0.25, -0.2) is 0 Å². The van der Waals surface area contributed by atoms with Crippen molar-refractivity contribution in [2.45, 2.75) is 43.6 Å². The minimum Gasteiger partial charge on any atom is -0.389 e. The van der Waals surface area contributed by atoms with Crippen molar-refractivity contribution in [1.82, 2.24) is 0 Å². The molecule has 1 rings (SSSR count). The van der Waals surface area contributed by atoms with Crippen LogP contribution in [0.3, 0.4) is 0 Å². The normalized spacial score (nSPS) is 13.1. The van der Waals surface area contributed by atoms with E-state index < -0.39 is 0 Å². The van der Waals surface area contributed by atoms with E-state index in [-0.39, 0.29) is 6.10 Å². The SMILES string of the molecule is CCCCCC(O)/C=C/Sc1ccccc1. The molecule has 0 fully saturated rings. The van der Waals surface area contributed by atoms with Crippen LogP contribution in [0, 0.1) is 0 Å². The van der Waals surface area contributed by atoms with E-state index in [0.717, 1.165) is 12.8 Å². The topological polar surface area (TPSA) is 20.2 Å². The second-order valence-electron chi connectivity index (χ2n) is 3.82. The number of hydrogen-bond acceptors (Lipinski definition) is 2. The second kappa shape index (κ2) is 8.43. The molecule has 0 aromatic heterocycles. The zero-order chi connectivity index (χ0) is 11.6. The highest BCUT2D eigenvalue weighted by atomic mass is 32.2. The van der Waals surface area contributed by atoms with Gasteiger partial charge in [0, 0.05) is 4.90 Å². The summed E-state index contributed by atoms with van der Waals surface area (Å²) in [6.07, 6.45) is 5.99. The molecule has 0 amide bonds. The van der Waals surface area contributed by atoms with Crippen LogP contribution in [0.1, 0.15) is 32.6 Å². The van der Waals surface area contributed by atoms with Gasteiger partial charge in [-0.1, -0.05) is 56.1 Å². The minimum atomic E-state index is -0.289. The number of thioether (sulfide) groups is 1. The molecular weight excluding hydrogens is 216 g/mol. The van der Waals surface area contributed by atoms with Gasteiger partial charge in [-0.2, -0.15) is 0 Å². The van der Waals surface area contributed by atoms with E-state index >= 15 is 0 Å². The van der Waals surface area contributed by atoms with E-state index in [9.17, 15) is 5.11 Å². The third-order valence-electron chi connectivity index (χ3n) is 2.35. The Balaban J connectivity index is 2.21. The molecule has 0 aliphatic carbocycles. The number of benzene rings is 1. The van der Waals surface area contributed by atoms with E-state index in [2.05, 4.69) is 19.1 Å². The molecule has 2 heteroatoms. The monoisotopic (exact) mass is 236 g/mol. The maximum absolute atomic E-state index is 9.65. The number of unbranched alkanes of at least 4 members (excludes halogenated alkanes) is 2. The average Bonchev–Trinajstić information content (AvgIpc) is 2.31. The summed E-state index contributed by atoms with van der Waals surface area (Å²) in [4.78, 5) is 1.21. The van der Waals surface area contributed by atoms with Crippen molar-refractivity contribution in [3.8, 4) is 0 Å². The van der Waals surface area contributed by atoms with Crippen LogP contribution >= 0.6 is 11.8 Å². The highest BCUT2D eigenvalue weighted by molar-refractivity contribution is 8.02. The van der Waals surface area contributed by atoms with Gasteiger partial charge in [0.1, 0.15) is 0 Å². The van der Waals surface area contributed by atoms with Crippen molar-refractivity contribution >= 4 is 11.8 Å². The van der Waals surface area contributed by atoms with Crippen LogP contribution < -0.4 is 0 Å². The van der Waals surface area contributed by atoms with Gasteiger partial charge in [0.2, 0.25) is 0 Å². The lowest BCUT2D eigenvalue weighted by atomic mass is 10.1. The Morgan fingerprint density at radius 3 is 2.69 bits per heavy atom. The third kappa shape index (κ3) is 5.99. The predicted octanol–water partition coefficient (Wildman–Crippen LogP) is 4.23. The largest absolute Gasteiger partial charge is 0.389 e. The molecule has 88 valence electrons. The van der Waals surface area contributed by atoms with Gasteiger partial charge in [-0.15, -0.1) is 0 Å². The summed E-state index contributed by atoms with van der Waals surface area (Å²) in [6.45, 7) is 2.17. The highest BCUT2D eigenvalue weighted by Crippen LogP contribution is 2.18. The molecule has 0 spiro atoms. The fourth-order valence-corrected chi connectivity index (χ4v) is 2.14. The van der Waals surface area contributed by atoms with Gasteiger partial charge in [0.25, 0.3) is 0 Å². The lowest BCUT2D eigenvalue weighted by molar-refractivity contribution is 0.208. The van der Waals surface area contributed by atoms with Gasteiger partial charge in [-0.3, -0.25) is 0 Å². The first kappa shape index (κ1) is 13.3. The van der Waals surface area contributed by atoms with Crippen molar-refractivity contribution in [3.05, 3.63) is 41.8 Å². The molecule has 0 saturated carbocycles. The first-order chi connectivity index (χ1) is 7.83. The molecule has 0 saturated heterocycles. The van der Waals surface area contributed by atoms with E-state index in [0.29, 0.717) is 0 Å². The van der Waals surface area contributed by atoms with Crippen molar-refractivity contribution in [2.75, 3.05) is 0 Å². The van der Waals surface area contributed by atoms with Crippen molar-refractivity contribution in [1.29, 1.82) is 0 Å². The van der Waals surface area contributed by atoms with Crippen LogP contribution in [-0.2, 0) is 0 Å². The Morgan fingerprint density at radius 1 is 1.25 bits per heavy atom. The molecule has 1 unspecified atom stereocenters. The smallest absolute Gasteiger partial charge is 0.0729 e. The summed E-state index contributed by atoms with van der Waals surface area (Å²) in [6, 6.07) is 10.2. The number of rotatable bonds is 7. The molecular formula is C14H20OS. The molecule has 0 radical (unpaired) electrons. The van der Waals surface area contributed by atoms with Crippen molar-refractivity contribution in [2.24, 2.45) is 0 Å². The lowest BCUT2D eigenvalue weighted by Crippen LogP contribution is -2.00. The van der Waals surface area contributed by atoms with Crippen LogP contribution in [0.4, 0.5) is 0 Å². The fraction of sp³-hybridized carbons (Fsp3) is 0.429. The summed E-state index contributed by atoms with van der Waals surface area (Å²) in [5, 5.41) is 11.6. The molecule has 1 atom stereocenters. The van der Waals surface area contributed by atoms with Gasteiger partial charge >= 0.3 is 0 Å². The Kier molecular flexibility index (Phi) is 7.02. The maximum atomic E-state index is 9.65. The van der Waals surface area contributed by atoms with Crippen LogP contribution in [0.25, 0.3) is 0 Å². The average molecular weight is 236 g/mol. The van der Waals surface area contributed by atoms with E-state index in [1.165, 1.54) is 17.7 Å². The van der Waals surface area contributed by atoms with Crippen LogP contribution in [0.5, 0.6) is 0 Å². The second-order valence-corrected chi connectivity index (χ2v) is 4.80. The lowest BCUT2D eigenvalue weighted by Gasteiger charge is -2.03. The minimum absolute atomic E-state index is 0.289. The zero-order valence-corrected chi connectivity index (χ0v) is 10.6. The first-order valence-electron chi connectivity index (χ1n) is 5.89. The Bertz CT molecular complexity index is 295. The molecule has 0 aliphatic rings. The standard InChI is InChI=1S/C14H20OS/c1-2-3-5-8-13(15)11-12-16-14-9-6-4-7-10-14/h4,6-7,9-13,15H,2-3,5,8H2,1H3/b12-11+. The molecule has 16 heavy (non-hydrogen) atoms. The van der Waals surface area contributed by atoms with Crippen LogP contribution in [0.15, 0.2) is 46.7 Å². The predicted molar refractivity (Wildman–Crippen MR) is 71.6 cm³/mol. The van der Waals surface area contributed by atoms with Gasteiger partial charge in [-0.05, 0) is 30.0 Å². The first-order valence-corrected chi connectivity index (χ1v) is 6.77. The summed E-state index contributed by atoms with van der Waals surface area (Å²) >= 11 is 1.65. The van der Waals surface area contributed by atoms with Crippen molar-refractivity contribution < 1.29 is 5.11 Å².